The van der Waals surface area contributed by atoms with E-state index in [9.17, 15) is 8.78 Å². The Labute approximate surface area is 63.3 Å². The van der Waals surface area contributed by atoms with Gasteiger partial charge in [-0.2, -0.15) is 0 Å². The molecule has 0 radical (unpaired) electrons. The van der Waals surface area contributed by atoms with Crippen LogP contribution in [-0.4, -0.2) is 11.5 Å². The summed E-state index contributed by atoms with van der Waals surface area (Å²) in [4.78, 5) is 0. The molecule has 0 aromatic heterocycles. The van der Waals surface area contributed by atoms with Crippen LogP contribution < -0.4 is 0 Å². The van der Waals surface area contributed by atoms with E-state index in [1.54, 1.807) is 18.2 Å². The molecule has 0 saturated heterocycles. The number of rotatable bonds is 2. The second-order valence-electron chi connectivity index (χ2n) is 2.19. The zero-order valence-electron chi connectivity index (χ0n) is 5.74. The zero-order chi connectivity index (χ0) is 8.27. The van der Waals surface area contributed by atoms with Crippen LogP contribution in [0, 0.1) is 0 Å². The molecular weight excluding hydrogens is 150 g/mol. The van der Waals surface area contributed by atoms with Crippen molar-refractivity contribution in [3.05, 3.63) is 35.9 Å². The largest absolute Gasteiger partial charge is 0.382 e. The van der Waals surface area contributed by atoms with Crippen LogP contribution in [0.25, 0.3) is 0 Å². The molecule has 3 heteroatoms. The molecule has 0 aliphatic heterocycles. The number of hydrogen-bond donors (Lipinski definition) is 1. The molecule has 0 aliphatic carbocycles. The highest BCUT2D eigenvalue weighted by molar-refractivity contribution is 5.17. The van der Waals surface area contributed by atoms with Gasteiger partial charge in [-0.3, -0.25) is 0 Å². The summed E-state index contributed by atoms with van der Waals surface area (Å²) < 4.78 is 23.7. The first-order valence-corrected chi connectivity index (χ1v) is 3.23. The van der Waals surface area contributed by atoms with Gasteiger partial charge in [-0.1, -0.05) is 30.3 Å². The molecule has 11 heavy (non-hydrogen) atoms. The monoisotopic (exact) mass is 158 g/mol. The van der Waals surface area contributed by atoms with E-state index in [0.717, 1.165) is 0 Å². The number of hydrogen-bond acceptors (Lipinski definition) is 1. The lowest BCUT2D eigenvalue weighted by Crippen LogP contribution is -2.07. The summed E-state index contributed by atoms with van der Waals surface area (Å²) in [5.41, 5.74) is 0.252. The Hall–Kier alpha value is -0.960. The van der Waals surface area contributed by atoms with Gasteiger partial charge in [-0.15, -0.1) is 0 Å². The summed E-state index contributed by atoms with van der Waals surface area (Å²) in [6.07, 6.45) is -4.37. The highest BCUT2D eigenvalue weighted by atomic mass is 19.3. The zero-order valence-corrected chi connectivity index (χ0v) is 5.74. The fourth-order valence-corrected chi connectivity index (χ4v) is 0.796. The minimum absolute atomic E-state index is 0.252. The molecule has 1 atom stereocenters. The highest BCUT2D eigenvalue weighted by Crippen LogP contribution is 2.18. The van der Waals surface area contributed by atoms with E-state index in [4.69, 9.17) is 5.11 Å². The molecule has 0 bridgehead atoms. The van der Waals surface area contributed by atoms with Crippen LogP contribution in [-0.2, 0) is 0 Å². The van der Waals surface area contributed by atoms with E-state index < -0.39 is 12.5 Å². The van der Waals surface area contributed by atoms with Gasteiger partial charge in [0.1, 0.15) is 6.10 Å². The van der Waals surface area contributed by atoms with E-state index in [1.165, 1.54) is 12.1 Å². The third-order valence-electron chi connectivity index (χ3n) is 1.38. The standard InChI is InChI=1S/C8H8F2O/c9-8(10)7(11)6-4-2-1-3-5-6/h1-5,7-8,11H/t7-/m1/s1. The topological polar surface area (TPSA) is 20.2 Å². The van der Waals surface area contributed by atoms with Crippen molar-refractivity contribution >= 4 is 0 Å². The maximum atomic E-state index is 11.9. The van der Waals surface area contributed by atoms with E-state index in [2.05, 4.69) is 0 Å². The van der Waals surface area contributed by atoms with E-state index in [0.29, 0.717) is 0 Å². The molecular formula is C8H8F2O. The highest BCUT2D eigenvalue weighted by Gasteiger charge is 2.17. The Balaban J connectivity index is 2.77. The molecule has 60 valence electrons. The van der Waals surface area contributed by atoms with Crippen molar-refractivity contribution in [1.29, 1.82) is 0 Å². The fraction of sp³-hybridized carbons (Fsp3) is 0.250. The second kappa shape index (κ2) is 3.44. The van der Waals surface area contributed by atoms with Crippen molar-refractivity contribution in [1.82, 2.24) is 0 Å². The normalized spacial score (nSPS) is 13.5. The third-order valence-corrected chi connectivity index (χ3v) is 1.38. The molecule has 1 nitrogen and oxygen atoms in total. The van der Waals surface area contributed by atoms with Gasteiger partial charge >= 0.3 is 0 Å². The third kappa shape index (κ3) is 1.98. The van der Waals surface area contributed by atoms with Crippen molar-refractivity contribution in [2.24, 2.45) is 0 Å². The molecule has 1 N–H and O–H groups in total. The Morgan fingerprint density at radius 2 is 1.64 bits per heavy atom. The number of halogens is 2. The first-order chi connectivity index (χ1) is 5.22. The minimum atomic E-state index is -2.71. The molecule has 0 saturated carbocycles. The van der Waals surface area contributed by atoms with Gasteiger partial charge in [0.25, 0.3) is 6.43 Å². The predicted molar refractivity (Wildman–Crippen MR) is 37.4 cm³/mol. The first kappa shape index (κ1) is 8.14. The molecule has 0 unspecified atom stereocenters. The number of benzene rings is 1. The SMILES string of the molecule is O[C@H](c1ccccc1)C(F)F. The van der Waals surface area contributed by atoms with Crippen molar-refractivity contribution in [3.63, 3.8) is 0 Å². The van der Waals surface area contributed by atoms with Crippen LogP contribution in [0.4, 0.5) is 8.78 Å². The average molecular weight is 158 g/mol. The summed E-state index contributed by atoms with van der Waals surface area (Å²) in [5.74, 6) is 0. The molecule has 0 spiro atoms. The van der Waals surface area contributed by atoms with Crippen molar-refractivity contribution in [3.8, 4) is 0 Å². The number of alkyl halides is 2. The smallest absolute Gasteiger partial charge is 0.268 e. The first-order valence-electron chi connectivity index (χ1n) is 3.23. The second-order valence-corrected chi connectivity index (χ2v) is 2.19. The molecule has 0 amide bonds. The number of aliphatic hydroxyl groups excluding tert-OH is 1. The van der Waals surface area contributed by atoms with Crippen molar-refractivity contribution in [2.45, 2.75) is 12.5 Å². The molecule has 0 fully saturated rings. The summed E-state index contributed by atoms with van der Waals surface area (Å²) in [7, 11) is 0. The van der Waals surface area contributed by atoms with Gasteiger partial charge in [0, 0.05) is 0 Å². The van der Waals surface area contributed by atoms with E-state index >= 15 is 0 Å². The summed E-state index contributed by atoms with van der Waals surface area (Å²) >= 11 is 0. The molecule has 1 aromatic rings. The van der Waals surface area contributed by atoms with Gasteiger partial charge in [0.15, 0.2) is 0 Å². The molecule has 0 aliphatic rings. The summed E-state index contributed by atoms with van der Waals surface area (Å²) in [6.45, 7) is 0. The van der Waals surface area contributed by atoms with Crippen molar-refractivity contribution in [2.75, 3.05) is 0 Å². The van der Waals surface area contributed by atoms with Crippen LogP contribution in [0.2, 0.25) is 0 Å². The Kier molecular flexibility index (Phi) is 2.54. The van der Waals surface area contributed by atoms with Crippen LogP contribution in [0.15, 0.2) is 30.3 Å². The Morgan fingerprint density at radius 1 is 1.09 bits per heavy atom. The van der Waals surface area contributed by atoms with E-state index in [1.807, 2.05) is 0 Å². The van der Waals surface area contributed by atoms with Crippen molar-refractivity contribution < 1.29 is 13.9 Å². The van der Waals surface area contributed by atoms with E-state index in [-0.39, 0.29) is 5.56 Å². The van der Waals surface area contributed by atoms with Gasteiger partial charge in [0.05, 0.1) is 0 Å². The maximum Gasteiger partial charge on any atom is 0.268 e. The maximum absolute atomic E-state index is 11.9. The molecule has 0 heterocycles. The predicted octanol–water partition coefficient (Wildman–Crippen LogP) is 1.99. The molecule has 1 rings (SSSR count). The fourth-order valence-electron chi connectivity index (χ4n) is 0.796. The lowest BCUT2D eigenvalue weighted by atomic mass is 10.1. The lowest BCUT2D eigenvalue weighted by molar-refractivity contribution is -0.00577. The van der Waals surface area contributed by atoms with Gasteiger partial charge in [-0.25, -0.2) is 8.78 Å². The summed E-state index contributed by atoms with van der Waals surface area (Å²) in [6, 6.07) is 7.87. The van der Waals surface area contributed by atoms with Crippen LogP contribution in [0.5, 0.6) is 0 Å². The number of aliphatic hydroxyl groups is 1. The van der Waals surface area contributed by atoms with Crippen LogP contribution >= 0.6 is 0 Å². The van der Waals surface area contributed by atoms with Crippen LogP contribution in [0.3, 0.4) is 0 Å². The quantitative estimate of drug-likeness (QED) is 0.697. The van der Waals surface area contributed by atoms with Gasteiger partial charge < -0.3 is 5.11 Å². The lowest BCUT2D eigenvalue weighted by Gasteiger charge is -2.08. The average Bonchev–Trinajstić information content (AvgIpc) is 2.05. The van der Waals surface area contributed by atoms with Crippen LogP contribution in [0.1, 0.15) is 11.7 Å². The van der Waals surface area contributed by atoms with Gasteiger partial charge in [0.2, 0.25) is 0 Å². The Morgan fingerprint density at radius 3 is 2.09 bits per heavy atom. The summed E-state index contributed by atoms with van der Waals surface area (Å²) in [5, 5.41) is 8.85. The Bertz CT molecular complexity index is 211. The minimum Gasteiger partial charge on any atom is -0.382 e. The van der Waals surface area contributed by atoms with Gasteiger partial charge in [-0.05, 0) is 5.56 Å². The molecule has 1 aromatic carbocycles.